The molecule has 0 saturated heterocycles. The third kappa shape index (κ3) is 4.05. The van der Waals surface area contributed by atoms with Crippen molar-refractivity contribution in [3.8, 4) is 0 Å². The second kappa shape index (κ2) is 6.34. The van der Waals surface area contributed by atoms with Crippen LogP contribution < -0.4 is 5.32 Å². The third-order valence-corrected chi connectivity index (χ3v) is 4.30. The van der Waals surface area contributed by atoms with E-state index < -0.39 is 20.9 Å². The smallest absolute Gasteiger partial charge is 0.293 e. The molecular formula is C13H16N4O5S. The summed E-state index contributed by atoms with van der Waals surface area (Å²) < 4.78 is 24.5. The van der Waals surface area contributed by atoms with Gasteiger partial charge in [-0.3, -0.25) is 14.8 Å². The first-order valence-corrected chi connectivity index (χ1v) is 8.46. The van der Waals surface area contributed by atoms with E-state index in [4.69, 9.17) is 0 Å². The molecule has 2 N–H and O–H groups in total. The molecule has 0 bridgehead atoms. The number of sulfone groups is 1. The number of nitro benzene ring substituents is 1. The molecule has 0 aliphatic heterocycles. The summed E-state index contributed by atoms with van der Waals surface area (Å²) in [7, 11) is -1.83. The molecule has 9 nitrogen and oxygen atoms in total. The maximum absolute atomic E-state index is 11.5. The van der Waals surface area contributed by atoms with Gasteiger partial charge in [-0.1, -0.05) is 0 Å². The van der Waals surface area contributed by atoms with Gasteiger partial charge in [-0.25, -0.2) is 8.42 Å². The van der Waals surface area contributed by atoms with Crippen LogP contribution in [0.4, 0.5) is 11.4 Å². The highest BCUT2D eigenvalue weighted by atomic mass is 32.2. The van der Waals surface area contributed by atoms with Gasteiger partial charge in [0.2, 0.25) is 0 Å². The van der Waals surface area contributed by atoms with Crippen LogP contribution >= 0.6 is 0 Å². The normalized spacial score (nSPS) is 12.8. The van der Waals surface area contributed by atoms with E-state index in [9.17, 15) is 23.6 Å². The quantitative estimate of drug-likeness (QED) is 0.590. The molecule has 0 radical (unpaired) electrons. The Hall–Kier alpha value is -2.46. The topological polar surface area (TPSA) is 127 Å². The minimum atomic E-state index is -3.54. The van der Waals surface area contributed by atoms with Crippen LogP contribution in [0.2, 0.25) is 0 Å². The predicted octanol–water partition coefficient (Wildman–Crippen LogP) is 0.877. The van der Waals surface area contributed by atoms with Crippen molar-refractivity contribution in [2.24, 2.45) is 7.05 Å². The van der Waals surface area contributed by atoms with Crippen molar-refractivity contribution in [2.75, 3.05) is 18.1 Å². The average molecular weight is 340 g/mol. The minimum Gasteiger partial charge on any atom is -0.386 e. The zero-order chi connectivity index (χ0) is 17.2. The number of aliphatic hydroxyl groups is 1. The molecule has 1 aromatic carbocycles. The lowest BCUT2D eigenvalue weighted by Gasteiger charge is -2.12. The Balaban J connectivity index is 2.21. The Labute approximate surface area is 132 Å². The van der Waals surface area contributed by atoms with Crippen molar-refractivity contribution >= 4 is 21.2 Å². The zero-order valence-corrected chi connectivity index (χ0v) is 13.3. The van der Waals surface area contributed by atoms with E-state index in [1.54, 1.807) is 13.2 Å². The molecule has 0 spiro atoms. The first-order chi connectivity index (χ1) is 10.7. The van der Waals surface area contributed by atoms with Crippen LogP contribution in [0.25, 0.3) is 0 Å². The van der Waals surface area contributed by atoms with E-state index in [1.807, 2.05) is 0 Å². The van der Waals surface area contributed by atoms with E-state index in [0.717, 1.165) is 12.3 Å². The standard InChI is InChI=1S/C13H16N4O5S/c1-16-8-9(6-15-16)13(18)7-14-11-4-3-10(23(2,21)22)5-12(11)17(19)20/h3-6,8,13-14,18H,7H2,1-2H3. The fraction of sp³-hybridized carbons (Fsp3) is 0.308. The molecule has 0 fully saturated rings. The number of anilines is 1. The van der Waals surface area contributed by atoms with Crippen LogP contribution in [-0.2, 0) is 16.9 Å². The Morgan fingerprint density at radius 3 is 2.70 bits per heavy atom. The maximum Gasteiger partial charge on any atom is 0.293 e. The number of nitrogens with one attached hydrogen (secondary N) is 1. The Morgan fingerprint density at radius 2 is 2.17 bits per heavy atom. The molecule has 1 aromatic heterocycles. The number of nitro groups is 1. The minimum absolute atomic E-state index is 0.0186. The van der Waals surface area contributed by atoms with Gasteiger partial charge in [0.05, 0.1) is 22.1 Å². The van der Waals surface area contributed by atoms with Gasteiger partial charge in [0.1, 0.15) is 5.69 Å². The van der Waals surface area contributed by atoms with Gasteiger partial charge in [-0.15, -0.1) is 0 Å². The molecule has 124 valence electrons. The van der Waals surface area contributed by atoms with Gasteiger partial charge in [0.15, 0.2) is 9.84 Å². The van der Waals surface area contributed by atoms with Gasteiger partial charge in [-0.05, 0) is 12.1 Å². The van der Waals surface area contributed by atoms with Crippen LogP contribution in [0.3, 0.4) is 0 Å². The molecule has 1 unspecified atom stereocenters. The molecule has 23 heavy (non-hydrogen) atoms. The summed E-state index contributed by atoms with van der Waals surface area (Å²) in [6, 6.07) is 3.58. The van der Waals surface area contributed by atoms with Gasteiger partial charge < -0.3 is 10.4 Å². The molecule has 1 atom stereocenters. The molecule has 0 saturated carbocycles. The second-order valence-corrected chi connectivity index (χ2v) is 7.07. The zero-order valence-electron chi connectivity index (χ0n) is 12.5. The molecule has 0 aliphatic carbocycles. The summed E-state index contributed by atoms with van der Waals surface area (Å²) in [5.74, 6) is 0. The highest BCUT2D eigenvalue weighted by Crippen LogP contribution is 2.28. The number of aromatic nitrogens is 2. The molecule has 0 aliphatic rings. The summed E-state index contributed by atoms with van der Waals surface area (Å²) in [5.41, 5.74) is 0.326. The SMILES string of the molecule is Cn1cc(C(O)CNc2ccc(S(C)(=O)=O)cc2[N+](=O)[O-])cn1. The lowest BCUT2D eigenvalue weighted by Crippen LogP contribution is -2.13. The molecular weight excluding hydrogens is 324 g/mol. The number of aliphatic hydroxyl groups excluding tert-OH is 1. The molecule has 10 heteroatoms. The van der Waals surface area contributed by atoms with Crippen molar-refractivity contribution in [1.29, 1.82) is 0 Å². The first kappa shape index (κ1) is 16.9. The fourth-order valence-corrected chi connectivity index (χ4v) is 2.62. The van der Waals surface area contributed by atoms with Crippen molar-refractivity contribution in [1.82, 2.24) is 9.78 Å². The van der Waals surface area contributed by atoms with E-state index in [-0.39, 0.29) is 22.8 Å². The highest BCUT2D eigenvalue weighted by Gasteiger charge is 2.19. The van der Waals surface area contributed by atoms with E-state index >= 15 is 0 Å². The lowest BCUT2D eigenvalue weighted by atomic mass is 10.2. The number of benzene rings is 1. The van der Waals surface area contributed by atoms with Gasteiger partial charge in [0, 0.05) is 37.7 Å². The van der Waals surface area contributed by atoms with E-state index in [1.165, 1.54) is 23.0 Å². The summed E-state index contributed by atoms with van der Waals surface area (Å²) in [6.07, 6.45) is 3.20. The monoisotopic (exact) mass is 340 g/mol. The highest BCUT2D eigenvalue weighted by molar-refractivity contribution is 7.90. The van der Waals surface area contributed by atoms with Crippen molar-refractivity contribution in [3.05, 3.63) is 46.3 Å². The molecule has 1 heterocycles. The summed E-state index contributed by atoms with van der Waals surface area (Å²) >= 11 is 0. The number of hydrogen-bond acceptors (Lipinski definition) is 7. The Morgan fingerprint density at radius 1 is 1.48 bits per heavy atom. The Bertz CT molecular complexity index is 831. The van der Waals surface area contributed by atoms with Crippen LogP contribution in [0.15, 0.2) is 35.5 Å². The number of aryl methyl sites for hydroxylation is 1. The van der Waals surface area contributed by atoms with Crippen molar-refractivity contribution in [3.63, 3.8) is 0 Å². The maximum atomic E-state index is 11.5. The summed E-state index contributed by atoms with van der Waals surface area (Å²) in [5, 5.41) is 27.8. The van der Waals surface area contributed by atoms with Crippen molar-refractivity contribution in [2.45, 2.75) is 11.0 Å². The van der Waals surface area contributed by atoms with Crippen LogP contribution in [-0.4, -0.2) is 41.0 Å². The second-order valence-electron chi connectivity index (χ2n) is 5.05. The number of nitrogens with zero attached hydrogens (tertiary/aromatic N) is 3. The first-order valence-electron chi connectivity index (χ1n) is 6.57. The third-order valence-electron chi connectivity index (χ3n) is 3.19. The van der Waals surface area contributed by atoms with Crippen LogP contribution in [0.5, 0.6) is 0 Å². The van der Waals surface area contributed by atoms with Crippen molar-refractivity contribution < 1.29 is 18.4 Å². The van der Waals surface area contributed by atoms with Crippen LogP contribution in [0, 0.1) is 10.1 Å². The number of hydrogen-bond donors (Lipinski definition) is 2. The van der Waals surface area contributed by atoms with E-state index in [0.29, 0.717) is 5.56 Å². The average Bonchev–Trinajstić information content (AvgIpc) is 2.90. The largest absolute Gasteiger partial charge is 0.386 e. The summed E-state index contributed by atoms with van der Waals surface area (Å²) in [6.45, 7) is 0.0186. The fourth-order valence-electron chi connectivity index (χ4n) is 1.98. The molecule has 0 amide bonds. The summed E-state index contributed by atoms with van der Waals surface area (Å²) in [4.78, 5) is 10.3. The van der Waals surface area contributed by atoms with E-state index in [2.05, 4.69) is 10.4 Å². The molecule has 2 rings (SSSR count). The molecule has 2 aromatic rings. The van der Waals surface area contributed by atoms with Gasteiger partial charge in [-0.2, -0.15) is 5.10 Å². The van der Waals surface area contributed by atoms with Gasteiger partial charge >= 0.3 is 0 Å². The van der Waals surface area contributed by atoms with Crippen LogP contribution in [0.1, 0.15) is 11.7 Å². The lowest BCUT2D eigenvalue weighted by molar-refractivity contribution is -0.384. The predicted molar refractivity (Wildman–Crippen MR) is 82.9 cm³/mol. The van der Waals surface area contributed by atoms with Gasteiger partial charge in [0.25, 0.3) is 5.69 Å². The Kier molecular flexibility index (Phi) is 4.66. The number of rotatable bonds is 6.